The number of hydrogen-bond donors (Lipinski definition) is 2. The van der Waals surface area contributed by atoms with Gasteiger partial charge in [0.25, 0.3) is 0 Å². The maximum atomic E-state index is 8.36. The van der Waals surface area contributed by atoms with Crippen LogP contribution in [0.25, 0.3) is 0 Å². The Labute approximate surface area is 49.0 Å². The van der Waals surface area contributed by atoms with Crippen molar-refractivity contribution in [2.24, 2.45) is 0 Å². The van der Waals surface area contributed by atoms with Gasteiger partial charge in [0.05, 0.1) is 0 Å². The third-order valence-corrected chi connectivity index (χ3v) is 0.236. The van der Waals surface area contributed by atoms with Crippen LogP contribution in [0.15, 0.2) is 25.6 Å². The van der Waals surface area contributed by atoms with Crippen LogP contribution >= 0.6 is 0 Å². The summed E-state index contributed by atoms with van der Waals surface area (Å²) in [6.07, 6.45) is 3.12. The molecule has 0 bridgehead atoms. The van der Waals surface area contributed by atoms with Crippen molar-refractivity contribution in [2.45, 2.75) is 0 Å². The van der Waals surface area contributed by atoms with Crippen LogP contribution in [0, 0.1) is 0 Å². The van der Waals surface area contributed by atoms with E-state index in [0.717, 1.165) is 0 Å². The minimum atomic E-state index is -0.250. The first-order valence-corrected chi connectivity index (χ1v) is 1.89. The molecule has 0 rings (SSSR count). The van der Waals surface area contributed by atoms with E-state index in [9.17, 15) is 0 Å². The molecule has 0 spiro atoms. The normalized spacial score (nSPS) is 4.50. The summed E-state index contributed by atoms with van der Waals surface area (Å²) in [6, 6.07) is 0. The molecule has 4 heteroatoms. The number of rotatable bonds is 2. The van der Waals surface area contributed by atoms with Gasteiger partial charge >= 0.3 is 17.1 Å². The second-order valence-electron chi connectivity index (χ2n) is 0.680. The van der Waals surface area contributed by atoms with Crippen LogP contribution in [0.3, 0.4) is 0 Å². The van der Waals surface area contributed by atoms with Crippen LogP contribution in [0.2, 0.25) is 0 Å². The van der Waals surface area contributed by atoms with Crippen LogP contribution in [-0.4, -0.2) is 12.4 Å². The molecule has 0 aromatic heterocycles. The fourth-order valence-corrected chi connectivity index (χ4v) is 0.0833. The zero-order valence-corrected chi connectivity index (χ0v) is 4.50. The molecule has 0 amide bonds. The molecule has 0 aromatic carbocycles. The molecule has 0 saturated carbocycles. The second kappa shape index (κ2) is 16.8. The molecule has 0 radical (unpaired) electrons. The summed E-state index contributed by atoms with van der Waals surface area (Å²) in [5.41, 5.74) is 0. The molecule has 0 fully saturated rings. The van der Waals surface area contributed by atoms with Gasteiger partial charge in [-0.05, 0) is 12.4 Å². The third-order valence-electron chi connectivity index (χ3n) is 0.236. The van der Waals surface area contributed by atoms with Crippen LogP contribution in [0.5, 0.6) is 0 Å². The van der Waals surface area contributed by atoms with Crippen LogP contribution in [0.4, 0.5) is 0 Å². The molecule has 0 unspecified atom stereocenters. The molecular weight excluding hydrogens is 105 g/mol. The first kappa shape index (κ1) is 10.0. The Morgan fingerprint density at radius 2 is 1.75 bits per heavy atom. The molecule has 2 N–H and O–H groups in total. The summed E-state index contributed by atoms with van der Waals surface area (Å²) < 4.78 is 8.36. The van der Waals surface area contributed by atoms with Crippen molar-refractivity contribution in [1.82, 2.24) is 5.32 Å². The van der Waals surface area contributed by atoms with Crippen molar-refractivity contribution in [2.75, 3.05) is 0 Å². The first-order valence-electron chi connectivity index (χ1n) is 1.89. The monoisotopic (exact) mass is 113 g/mol. The quantitative estimate of drug-likeness (QED) is 0.487. The average molecular weight is 113 g/mol. The molecule has 0 aliphatic heterocycles. The molecule has 0 saturated heterocycles. The summed E-state index contributed by atoms with van der Waals surface area (Å²) in [5.74, 6) is 0. The van der Waals surface area contributed by atoms with Gasteiger partial charge in [-0.2, -0.15) is 0 Å². The predicted octanol–water partition coefficient (Wildman–Crippen LogP) is -0.194. The SMILES string of the molecule is C=CNC=C.O=BO. The van der Waals surface area contributed by atoms with Gasteiger partial charge in [0.2, 0.25) is 0 Å². The predicted molar refractivity (Wildman–Crippen MR) is 32.2 cm³/mol. The summed E-state index contributed by atoms with van der Waals surface area (Å²) in [6.45, 7) is 6.74. The Balaban J connectivity index is 0. The fourth-order valence-electron chi connectivity index (χ4n) is 0.0833. The first-order chi connectivity index (χ1) is 3.83. The van der Waals surface area contributed by atoms with Crippen molar-refractivity contribution >= 4 is 7.35 Å². The van der Waals surface area contributed by atoms with Gasteiger partial charge in [0.15, 0.2) is 0 Å². The molecule has 0 aliphatic carbocycles. The van der Waals surface area contributed by atoms with Gasteiger partial charge in [-0.3, -0.25) is 0 Å². The number of hydrogen-bond acceptors (Lipinski definition) is 2. The Hall–Kier alpha value is -1.06. The van der Waals surface area contributed by atoms with Gasteiger partial charge in [-0.1, -0.05) is 13.2 Å². The van der Waals surface area contributed by atoms with E-state index in [0.29, 0.717) is 0 Å². The van der Waals surface area contributed by atoms with E-state index in [1.165, 1.54) is 0 Å². The number of nitrogens with one attached hydrogen (secondary N) is 1. The van der Waals surface area contributed by atoms with E-state index < -0.39 is 0 Å². The van der Waals surface area contributed by atoms with Crippen LogP contribution in [0.1, 0.15) is 0 Å². The average Bonchev–Trinajstić information content (AvgIpc) is 1.71. The summed E-state index contributed by atoms with van der Waals surface area (Å²) in [5, 5.41) is 9.53. The van der Waals surface area contributed by atoms with Crippen molar-refractivity contribution in [1.29, 1.82) is 0 Å². The van der Waals surface area contributed by atoms with Gasteiger partial charge in [0.1, 0.15) is 0 Å². The van der Waals surface area contributed by atoms with Crippen molar-refractivity contribution in [3.05, 3.63) is 25.6 Å². The molecule has 0 heterocycles. The van der Waals surface area contributed by atoms with E-state index in [4.69, 9.17) is 9.73 Å². The van der Waals surface area contributed by atoms with E-state index in [-0.39, 0.29) is 7.35 Å². The van der Waals surface area contributed by atoms with Crippen LogP contribution < -0.4 is 5.32 Å². The summed E-state index contributed by atoms with van der Waals surface area (Å²) in [4.78, 5) is 0. The zero-order valence-electron chi connectivity index (χ0n) is 4.50. The van der Waals surface area contributed by atoms with E-state index in [1.807, 2.05) is 0 Å². The summed E-state index contributed by atoms with van der Waals surface area (Å²) >= 11 is 0. The zero-order chi connectivity index (χ0) is 6.83. The Morgan fingerprint density at radius 1 is 1.50 bits per heavy atom. The Kier molecular flexibility index (Phi) is 21.0. The molecule has 8 heavy (non-hydrogen) atoms. The van der Waals surface area contributed by atoms with Gasteiger partial charge in [0, 0.05) is 0 Å². The summed E-state index contributed by atoms with van der Waals surface area (Å²) in [7, 11) is -0.250. The Bertz CT molecular complexity index is 68.4. The van der Waals surface area contributed by atoms with Crippen molar-refractivity contribution in [3.63, 3.8) is 0 Å². The van der Waals surface area contributed by atoms with Gasteiger partial charge < -0.3 is 5.32 Å². The van der Waals surface area contributed by atoms with Gasteiger partial charge in [-0.25, -0.2) is 0 Å². The molecular formula is C4H8BNO2. The molecule has 44 valence electrons. The van der Waals surface area contributed by atoms with E-state index in [1.54, 1.807) is 12.4 Å². The van der Waals surface area contributed by atoms with E-state index in [2.05, 4.69) is 18.5 Å². The molecule has 0 atom stereocenters. The molecule has 0 aliphatic rings. The van der Waals surface area contributed by atoms with E-state index >= 15 is 0 Å². The standard InChI is InChI=1S/C4H7N.BHO2/c1-3-5-4-2;2-1-3/h3-5H,1-2H2;2H. The molecule has 0 aromatic rings. The Morgan fingerprint density at radius 3 is 1.75 bits per heavy atom. The third kappa shape index (κ3) is 86.2. The van der Waals surface area contributed by atoms with Crippen molar-refractivity contribution < 1.29 is 9.73 Å². The fraction of sp³-hybridized carbons (Fsp3) is 0. The second-order valence-corrected chi connectivity index (χ2v) is 0.680. The van der Waals surface area contributed by atoms with Gasteiger partial charge in [-0.15, -0.1) is 0 Å². The van der Waals surface area contributed by atoms with Crippen LogP contribution in [-0.2, 0) is 4.70 Å². The van der Waals surface area contributed by atoms with Crippen molar-refractivity contribution in [3.8, 4) is 0 Å². The maximum absolute atomic E-state index is 8.36. The topological polar surface area (TPSA) is 49.3 Å². The minimum absolute atomic E-state index is 0.250. The molecule has 3 nitrogen and oxygen atoms in total.